The summed E-state index contributed by atoms with van der Waals surface area (Å²) < 4.78 is 19.2. The van der Waals surface area contributed by atoms with E-state index < -0.39 is 5.91 Å². The summed E-state index contributed by atoms with van der Waals surface area (Å²) in [6, 6.07) is 19.6. The first-order valence-corrected chi connectivity index (χ1v) is 12.2. The number of nitrogens with two attached hydrogens (primary N) is 1. The van der Waals surface area contributed by atoms with Gasteiger partial charge in [0.25, 0.3) is 11.5 Å². The molecule has 0 bridgehead atoms. The second kappa shape index (κ2) is 10.3. The highest BCUT2D eigenvalue weighted by Gasteiger charge is 2.17. The van der Waals surface area contributed by atoms with Crippen molar-refractivity contribution in [2.45, 2.75) is 6.92 Å². The molecule has 0 saturated carbocycles. The number of carbonyl (C=O) groups excluding carboxylic acids is 1. The maximum absolute atomic E-state index is 13.5. The molecule has 0 fully saturated rings. The van der Waals surface area contributed by atoms with Crippen molar-refractivity contribution >= 4 is 49.9 Å². The highest BCUT2D eigenvalue weighted by Crippen LogP contribution is 2.30. The average Bonchev–Trinajstić information content (AvgIpc) is 3.30. The van der Waals surface area contributed by atoms with Crippen LogP contribution in [0.25, 0.3) is 33.5 Å². The van der Waals surface area contributed by atoms with E-state index in [1.54, 1.807) is 36.4 Å². The number of para-hydroxylation sites is 1. The van der Waals surface area contributed by atoms with Crippen LogP contribution in [0.5, 0.6) is 11.5 Å². The molecule has 186 valence electrons. The van der Waals surface area contributed by atoms with Crippen LogP contribution >= 0.6 is 15.9 Å². The fourth-order valence-corrected chi connectivity index (χ4v) is 4.16. The van der Waals surface area contributed by atoms with E-state index >= 15 is 0 Å². The Bertz CT molecular complexity index is 1720. The van der Waals surface area contributed by atoms with Gasteiger partial charge < -0.3 is 19.6 Å². The van der Waals surface area contributed by atoms with Crippen molar-refractivity contribution in [3.63, 3.8) is 0 Å². The number of benzene rings is 3. The van der Waals surface area contributed by atoms with Crippen molar-refractivity contribution < 1.29 is 18.7 Å². The minimum absolute atomic E-state index is 0.263. The highest BCUT2D eigenvalue weighted by molar-refractivity contribution is 9.10. The Morgan fingerprint density at radius 1 is 1.11 bits per heavy atom. The summed E-state index contributed by atoms with van der Waals surface area (Å²) >= 11 is 3.47. The molecule has 0 spiro atoms. The molecule has 0 unspecified atom stereocenters. The Hall–Kier alpha value is -4.44. The summed E-state index contributed by atoms with van der Waals surface area (Å²) in [5, 5.41) is 5.75. The standard InChI is InChI=1S/C27H21BrN4O5/c1-2-35-23-11-16(7-9-22(23)36-15-25(29)33)14-30-32-26(31-20-6-4-3-5-19(20)27(32)34)24-13-17-12-18(28)8-10-21(17)37-24/h3-14H,2,15H2,1H3,(H2,29,33). The smallest absolute Gasteiger partial charge is 0.282 e. The molecule has 0 radical (unpaired) electrons. The van der Waals surface area contributed by atoms with Gasteiger partial charge in [0.05, 0.1) is 23.7 Å². The number of ether oxygens (including phenoxy) is 2. The minimum atomic E-state index is -0.596. The molecule has 0 aliphatic carbocycles. The van der Waals surface area contributed by atoms with Gasteiger partial charge in [-0.3, -0.25) is 9.59 Å². The number of nitrogens with zero attached hydrogens (tertiary/aromatic N) is 3. The molecule has 9 nitrogen and oxygen atoms in total. The van der Waals surface area contributed by atoms with Crippen molar-refractivity contribution in [2.24, 2.45) is 10.8 Å². The van der Waals surface area contributed by atoms with Crippen LogP contribution in [0.2, 0.25) is 0 Å². The van der Waals surface area contributed by atoms with Crippen LogP contribution in [0.1, 0.15) is 12.5 Å². The Morgan fingerprint density at radius 3 is 2.76 bits per heavy atom. The molecule has 2 aromatic heterocycles. The predicted molar refractivity (Wildman–Crippen MR) is 144 cm³/mol. The summed E-state index contributed by atoms with van der Waals surface area (Å²) in [6.07, 6.45) is 1.51. The third-order valence-electron chi connectivity index (χ3n) is 5.41. The number of furan rings is 1. The first-order chi connectivity index (χ1) is 17.9. The lowest BCUT2D eigenvalue weighted by molar-refractivity contribution is -0.119. The van der Waals surface area contributed by atoms with E-state index in [2.05, 4.69) is 21.0 Å². The molecule has 37 heavy (non-hydrogen) atoms. The van der Waals surface area contributed by atoms with E-state index in [1.165, 1.54) is 10.9 Å². The van der Waals surface area contributed by atoms with Crippen molar-refractivity contribution in [1.29, 1.82) is 0 Å². The van der Waals surface area contributed by atoms with Gasteiger partial charge >= 0.3 is 0 Å². The molecule has 2 heterocycles. The van der Waals surface area contributed by atoms with Crippen molar-refractivity contribution in [1.82, 2.24) is 9.66 Å². The maximum atomic E-state index is 13.5. The van der Waals surface area contributed by atoms with Crippen LogP contribution in [0.3, 0.4) is 0 Å². The molecule has 0 atom stereocenters. The summed E-state index contributed by atoms with van der Waals surface area (Å²) in [6.45, 7) is 1.94. The minimum Gasteiger partial charge on any atom is -0.490 e. The number of amides is 1. The molecule has 5 rings (SSSR count). The van der Waals surface area contributed by atoms with Gasteiger partial charge in [-0.1, -0.05) is 28.1 Å². The number of rotatable bonds is 8. The molecular formula is C27H21BrN4O5. The summed E-state index contributed by atoms with van der Waals surface area (Å²) in [7, 11) is 0. The largest absolute Gasteiger partial charge is 0.490 e. The Labute approximate surface area is 219 Å². The monoisotopic (exact) mass is 560 g/mol. The zero-order valence-electron chi connectivity index (χ0n) is 19.7. The van der Waals surface area contributed by atoms with E-state index in [4.69, 9.17) is 24.6 Å². The predicted octanol–water partition coefficient (Wildman–Crippen LogP) is 4.72. The fraction of sp³-hybridized carbons (Fsp3) is 0.111. The van der Waals surface area contributed by atoms with E-state index in [-0.39, 0.29) is 18.0 Å². The highest BCUT2D eigenvalue weighted by atomic mass is 79.9. The molecule has 0 aliphatic heterocycles. The Balaban J connectivity index is 1.61. The third-order valence-corrected chi connectivity index (χ3v) is 5.91. The van der Waals surface area contributed by atoms with Crippen LogP contribution in [0.15, 0.2) is 85.5 Å². The molecule has 10 heteroatoms. The van der Waals surface area contributed by atoms with Gasteiger partial charge in [-0.2, -0.15) is 9.78 Å². The average molecular weight is 561 g/mol. The number of carbonyl (C=O) groups is 1. The second-order valence-electron chi connectivity index (χ2n) is 8.00. The van der Waals surface area contributed by atoms with E-state index in [0.29, 0.717) is 45.9 Å². The lowest BCUT2D eigenvalue weighted by atomic mass is 10.2. The molecule has 3 aromatic carbocycles. The van der Waals surface area contributed by atoms with E-state index in [1.807, 2.05) is 37.3 Å². The number of hydrogen-bond donors (Lipinski definition) is 1. The molecular weight excluding hydrogens is 540 g/mol. The van der Waals surface area contributed by atoms with Gasteiger partial charge in [0.2, 0.25) is 5.82 Å². The second-order valence-corrected chi connectivity index (χ2v) is 8.92. The number of primary amides is 1. The van der Waals surface area contributed by atoms with Crippen LogP contribution in [-0.4, -0.2) is 35.0 Å². The zero-order chi connectivity index (χ0) is 25.9. The van der Waals surface area contributed by atoms with Crippen LogP contribution < -0.4 is 20.8 Å². The summed E-state index contributed by atoms with van der Waals surface area (Å²) in [5.41, 5.74) is 6.66. The van der Waals surface area contributed by atoms with Crippen LogP contribution in [0, 0.1) is 0 Å². The fourth-order valence-electron chi connectivity index (χ4n) is 3.78. The van der Waals surface area contributed by atoms with Crippen LogP contribution in [-0.2, 0) is 4.79 Å². The van der Waals surface area contributed by atoms with Gasteiger partial charge in [-0.05, 0) is 67.1 Å². The lowest BCUT2D eigenvalue weighted by Gasteiger charge is -2.11. The van der Waals surface area contributed by atoms with Crippen LogP contribution in [0.4, 0.5) is 0 Å². The van der Waals surface area contributed by atoms with Gasteiger partial charge in [0.1, 0.15) is 5.58 Å². The molecule has 1 amide bonds. The molecule has 0 saturated heterocycles. The SMILES string of the molecule is CCOc1cc(C=Nn2c(-c3cc4cc(Br)ccc4o3)nc3ccccc3c2=O)ccc1OCC(N)=O. The first-order valence-electron chi connectivity index (χ1n) is 11.4. The van der Waals surface area contributed by atoms with Gasteiger partial charge in [0.15, 0.2) is 23.9 Å². The van der Waals surface area contributed by atoms with Gasteiger partial charge in [0, 0.05) is 9.86 Å². The topological polar surface area (TPSA) is 122 Å². The number of fused-ring (bicyclic) bond motifs is 2. The van der Waals surface area contributed by atoms with Gasteiger partial charge in [-0.15, -0.1) is 0 Å². The van der Waals surface area contributed by atoms with E-state index in [0.717, 1.165) is 9.86 Å². The molecule has 5 aromatic rings. The number of halogens is 1. The van der Waals surface area contributed by atoms with Crippen molar-refractivity contribution in [2.75, 3.05) is 13.2 Å². The normalized spacial score (nSPS) is 11.4. The third kappa shape index (κ3) is 5.10. The number of hydrogen-bond acceptors (Lipinski definition) is 7. The Morgan fingerprint density at radius 2 is 1.95 bits per heavy atom. The maximum Gasteiger partial charge on any atom is 0.282 e. The van der Waals surface area contributed by atoms with E-state index in [9.17, 15) is 9.59 Å². The lowest BCUT2D eigenvalue weighted by Crippen LogP contribution is -2.20. The van der Waals surface area contributed by atoms with Crippen molar-refractivity contribution in [3.05, 3.63) is 87.1 Å². The molecule has 2 N–H and O–H groups in total. The number of aromatic nitrogens is 2. The summed E-state index contributed by atoms with van der Waals surface area (Å²) in [4.78, 5) is 29.3. The van der Waals surface area contributed by atoms with Crippen molar-refractivity contribution in [3.8, 4) is 23.1 Å². The van der Waals surface area contributed by atoms with Gasteiger partial charge in [-0.25, -0.2) is 4.98 Å². The Kier molecular flexibility index (Phi) is 6.74. The first kappa shape index (κ1) is 24.3. The summed E-state index contributed by atoms with van der Waals surface area (Å²) in [5.74, 6) is 0.856. The molecule has 0 aliphatic rings. The quantitative estimate of drug-likeness (QED) is 0.274. The zero-order valence-corrected chi connectivity index (χ0v) is 21.3.